The molecule has 1 aromatic carbocycles. The van der Waals surface area contributed by atoms with E-state index in [1.54, 1.807) is 0 Å². The van der Waals surface area contributed by atoms with Gasteiger partial charge in [-0.15, -0.1) is 0 Å². The maximum Gasteiger partial charge on any atom is 0.227 e. The SMILES string of the molecule is Cc1noc(C)c1[C@H](C)C(=O)NC[C@@H](C)N(C)c1ccccc1. The van der Waals surface area contributed by atoms with Crippen LogP contribution in [0.3, 0.4) is 0 Å². The molecule has 0 bridgehead atoms. The highest BCUT2D eigenvalue weighted by Crippen LogP contribution is 2.23. The zero-order chi connectivity index (χ0) is 17.0. The number of nitrogens with one attached hydrogen (secondary N) is 1. The maximum absolute atomic E-state index is 12.4. The molecule has 23 heavy (non-hydrogen) atoms. The number of nitrogens with zero attached hydrogens (tertiary/aromatic N) is 2. The fraction of sp³-hybridized carbons (Fsp3) is 0.444. The molecule has 5 nitrogen and oxygen atoms in total. The van der Waals surface area contributed by atoms with E-state index in [2.05, 4.69) is 34.4 Å². The number of hydrogen-bond acceptors (Lipinski definition) is 4. The molecule has 2 rings (SSSR count). The van der Waals surface area contributed by atoms with E-state index in [1.807, 2.05) is 46.0 Å². The molecule has 0 aliphatic heterocycles. The van der Waals surface area contributed by atoms with Crippen LogP contribution in [0.15, 0.2) is 34.9 Å². The Kier molecular flexibility index (Phi) is 5.42. The summed E-state index contributed by atoms with van der Waals surface area (Å²) in [6.45, 7) is 8.26. The summed E-state index contributed by atoms with van der Waals surface area (Å²) in [7, 11) is 2.03. The molecule has 0 aliphatic carbocycles. The summed E-state index contributed by atoms with van der Waals surface area (Å²) < 4.78 is 5.15. The predicted octanol–water partition coefficient (Wildman–Crippen LogP) is 3.04. The Balaban J connectivity index is 1.93. The van der Waals surface area contributed by atoms with E-state index < -0.39 is 0 Å². The smallest absolute Gasteiger partial charge is 0.227 e. The number of rotatable bonds is 6. The van der Waals surface area contributed by atoms with Crippen molar-refractivity contribution in [3.63, 3.8) is 0 Å². The first-order valence-corrected chi connectivity index (χ1v) is 7.90. The zero-order valence-electron chi connectivity index (χ0n) is 14.5. The standard InChI is InChI=1S/C18H25N3O2/c1-12(21(5)16-9-7-6-8-10-16)11-19-18(22)13(2)17-14(3)20-23-15(17)4/h6-10,12-13H,11H2,1-5H3,(H,19,22)/t12-,13+/m1/s1. The van der Waals surface area contributed by atoms with Gasteiger partial charge in [0.05, 0.1) is 11.6 Å². The van der Waals surface area contributed by atoms with Crippen LogP contribution in [0.1, 0.15) is 36.8 Å². The maximum atomic E-state index is 12.4. The van der Waals surface area contributed by atoms with Gasteiger partial charge in [-0.25, -0.2) is 0 Å². The van der Waals surface area contributed by atoms with Gasteiger partial charge in [-0.05, 0) is 39.8 Å². The van der Waals surface area contributed by atoms with Crippen LogP contribution < -0.4 is 10.2 Å². The largest absolute Gasteiger partial charge is 0.370 e. The summed E-state index contributed by atoms with van der Waals surface area (Å²) >= 11 is 0. The molecule has 1 amide bonds. The molecule has 0 aliphatic rings. The van der Waals surface area contributed by atoms with Gasteiger partial charge in [0.25, 0.3) is 0 Å². The lowest BCUT2D eigenvalue weighted by atomic mass is 9.98. The third-order valence-corrected chi connectivity index (χ3v) is 4.31. The quantitative estimate of drug-likeness (QED) is 0.890. The molecular formula is C18H25N3O2. The molecule has 0 saturated carbocycles. The Morgan fingerprint density at radius 2 is 1.91 bits per heavy atom. The van der Waals surface area contributed by atoms with Gasteiger partial charge < -0.3 is 14.7 Å². The summed E-state index contributed by atoms with van der Waals surface area (Å²) in [4.78, 5) is 14.6. The third-order valence-electron chi connectivity index (χ3n) is 4.31. The minimum absolute atomic E-state index is 0.00675. The van der Waals surface area contributed by atoms with E-state index in [0.29, 0.717) is 12.3 Å². The third kappa shape index (κ3) is 3.92. The van der Waals surface area contributed by atoms with Gasteiger partial charge in [0, 0.05) is 30.9 Å². The van der Waals surface area contributed by atoms with E-state index in [1.165, 1.54) is 0 Å². The molecule has 0 radical (unpaired) electrons. The average molecular weight is 315 g/mol. The number of anilines is 1. The summed E-state index contributed by atoms with van der Waals surface area (Å²) in [6.07, 6.45) is 0. The molecule has 0 saturated heterocycles. The molecule has 0 fully saturated rings. The Hall–Kier alpha value is -2.30. The van der Waals surface area contributed by atoms with Crippen LogP contribution in [0.25, 0.3) is 0 Å². The lowest BCUT2D eigenvalue weighted by molar-refractivity contribution is -0.122. The number of likely N-dealkylation sites (N-methyl/N-ethyl adjacent to an activating group) is 1. The molecule has 0 spiro atoms. The van der Waals surface area contributed by atoms with Crippen molar-refractivity contribution in [1.29, 1.82) is 0 Å². The van der Waals surface area contributed by atoms with Crippen LogP contribution in [0.2, 0.25) is 0 Å². The van der Waals surface area contributed by atoms with Crippen molar-refractivity contribution in [2.24, 2.45) is 0 Å². The first kappa shape index (κ1) is 17.1. The summed E-state index contributed by atoms with van der Waals surface area (Å²) in [5, 5.41) is 6.95. The molecular weight excluding hydrogens is 290 g/mol. The van der Waals surface area contributed by atoms with Crippen LogP contribution in [0.4, 0.5) is 5.69 Å². The lowest BCUT2D eigenvalue weighted by Crippen LogP contribution is -2.41. The Bertz CT molecular complexity index is 632. The van der Waals surface area contributed by atoms with E-state index in [4.69, 9.17) is 4.52 Å². The summed E-state index contributed by atoms with van der Waals surface area (Å²) in [5.74, 6) is 0.433. The van der Waals surface area contributed by atoms with Crippen molar-refractivity contribution in [3.8, 4) is 0 Å². The number of aromatic nitrogens is 1. The molecule has 1 heterocycles. The number of para-hydroxylation sites is 1. The Morgan fingerprint density at radius 3 is 2.48 bits per heavy atom. The first-order valence-electron chi connectivity index (χ1n) is 7.90. The van der Waals surface area contributed by atoms with Crippen LogP contribution in [-0.4, -0.2) is 30.7 Å². The molecule has 2 atom stereocenters. The molecule has 1 aromatic heterocycles. The van der Waals surface area contributed by atoms with Gasteiger partial charge in [0.1, 0.15) is 5.76 Å². The first-order chi connectivity index (χ1) is 10.9. The Morgan fingerprint density at radius 1 is 1.26 bits per heavy atom. The number of carbonyl (C=O) groups is 1. The topological polar surface area (TPSA) is 58.4 Å². The lowest BCUT2D eigenvalue weighted by Gasteiger charge is -2.27. The molecule has 124 valence electrons. The number of hydrogen-bond donors (Lipinski definition) is 1. The fourth-order valence-electron chi connectivity index (χ4n) is 2.70. The number of amides is 1. The second kappa shape index (κ2) is 7.31. The molecule has 0 unspecified atom stereocenters. The van der Waals surface area contributed by atoms with Crippen molar-refractivity contribution >= 4 is 11.6 Å². The van der Waals surface area contributed by atoms with E-state index in [9.17, 15) is 4.79 Å². The van der Waals surface area contributed by atoms with Gasteiger partial charge in [-0.1, -0.05) is 23.4 Å². The number of aryl methyl sites for hydroxylation is 2. The van der Waals surface area contributed by atoms with E-state index >= 15 is 0 Å². The van der Waals surface area contributed by atoms with Gasteiger partial charge in [-0.2, -0.15) is 0 Å². The minimum Gasteiger partial charge on any atom is -0.370 e. The number of benzene rings is 1. The van der Waals surface area contributed by atoms with E-state index in [-0.39, 0.29) is 17.9 Å². The van der Waals surface area contributed by atoms with Crippen LogP contribution in [-0.2, 0) is 4.79 Å². The van der Waals surface area contributed by atoms with Gasteiger partial charge in [0.2, 0.25) is 5.91 Å². The zero-order valence-corrected chi connectivity index (χ0v) is 14.5. The molecule has 2 aromatic rings. The Labute approximate surface area is 137 Å². The minimum atomic E-state index is -0.268. The average Bonchev–Trinajstić information content (AvgIpc) is 2.90. The highest BCUT2D eigenvalue weighted by atomic mass is 16.5. The van der Waals surface area contributed by atoms with Gasteiger partial charge >= 0.3 is 0 Å². The molecule has 5 heteroatoms. The highest BCUT2D eigenvalue weighted by Gasteiger charge is 2.23. The summed E-state index contributed by atoms with van der Waals surface area (Å²) in [5.41, 5.74) is 2.79. The van der Waals surface area contributed by atoms with Crippen molar-refractivity contribution in [2.75, 3.05) is 18.5 Å². The normalized spacial score (nSPS) is 13.4. The monoisotopic (exact) mass is 315 g/mol. The number of carbonyl (C=O) groups excluding carboxylic acids is 1. The predicted molar refractivity (Wildman–Crippen MR) is 91.7 cm³/mol. The van der Waals surface area contributed by atoms with Crippen LogP contribution >= 0.6 is 0 Å². The highest BCUT2D eigenvalue weighted by molar-refractivity contribution is 5.83. The van der Waals surface area contributed by atoms with Crippen molar-refractivity contribution in [1.82, 2.24) is 10.5 Å². The summed E-state index contributed by atoms with van der Waals surface area (Å²) in [6, 6.07) is 10.3. The van der Waals surface area contributed by atoms with Gasteiger partial charge in [-0.3, -0.25) is 4.79 Å². The van der Waals surface area contributed by atoms with E-state index in [0.717, 1.165) is 16.9 Å². The molecule has 1 N–H and O–H groups in total. The fourth-order valence-corrected chi connectivity index (χ4v) is 2.70. The second-order valence-electron chi connectivity index (χ2n) is 6.00. The van der Waals surface area contributed by atoms with Crippen molar-refractivity contribution in [2.45, 2.75) is 39.7 Å². The van der Waals surface area contributed by atoms with Crippen molar-refractivity contribution in [3.05, 3.63) is 47.3 Å². The van der Waals surface area contributed by atoms with Crippen LogP contribution in [0, 0.1) is 13.8 Å². The van der Waals surface area contributed by atoms with Crippen LogP contribution in [0.5, 0.6) is 0 Å². The van der Waals surface area contributed by atoms with Crippen molar-refractivity contribution < 1.29 is 9.32 Å². The van der Waals surface area contributed by atoms with Gasteiger partial charge in [0.15, 0.2) is 0 Å². The second-order valence-corrected chi connectivity index (χ2v) is 6.00.